The number of aromatic nitrogens is 2. The molecule has 3 aromatic rings. The van der Waals surface area contributed by atoms with Gasteiger partial charge in [-0.15, -0.1) is 0 Å². The van der Waals surface area contributed by atoms with Crippen molar-refractivity contribution in [2.24, 2.45) is 11.5 Å². The topological polar surface area (TPSA) is 124 Å². The molecule has 1 unspecified atom stereocenters. The van der Waals surface area contributed by atoms with Crippen LogP contribution in [0.2, 0.25) is 0 Å². The number of primary amides is 1. The molecule has 136 valence electrons. The van der Waals surface area contributed by atoms with Gasteiger partial charge in [-0.25, -0.2) is 0 Å². The first kappa shape index (κ1) is 18.2. The molecule has 0 aliphatic heterocycles. The normalized spacial score (nSPS) is 11.6. The molecule has 2 aromatic heterocycles. The number of anilines is 1. The summed E-state index contributed by atoms with van der Waals surface area (Å²) in [5.41, 5.74) is 14.2. The molecule has 0 aliphatic rings. The van der Waals surface area contributed by atoms with Gasteiger partial charge >= 0.3 is 0 Å². The van der Waals surface area contributed by atoms with Gasteiger partial charge in [0.1, 0.15) is 0 Å². The minimum absolute atomic E-state index is 0.161. The molecule has 7 heteroatoms. The lowest BCUT2D eigenvalue weighted by atomic mass is 10.0. The van der Waals surface area contributed by atoms with Gasteiger partial charge in [-0.3, -0.25) is 19.6 Å². The Labute approximate surface area is 156 Å². The van der Waals surface area contributed by atoms with Crippen LogP contribution < -0.4 is 16.8 Å². The third-order valence-corrected chi connectivity index (χ3v) is 3.99. The first-order valence-electron chi connectivity index (χ1n) is 8.35. The maximum absolute atomic E-state index is 12.2. The second kappa shape index (κ2) is 8.20. The van der Waals surface area contributed by atoms with Crippen LogP contribution in [0, 0.1) is 0 Å². The van der Waals surface area contributed by atoms with Crippen molar-refractivity contribution in [1.82, 2.24) is 9.97 Å². The fourth-order valence-corrected chi connectivity index (χ4v) is 2.57. The number of rotatable bonds is 6. The summed E-state index contributed by atoms with van der Waals surface area (Å²) in [6.45, 7) is 0. The number of nitrogens with two attached hydrogens (primary N) is 2. The van der Waals surface area contributed by atoms with Gasteiger partial charge in [0.05, 0.1) is 23.3 Å². The van der Waals surface area contributed by atoms with Crippen LogP contribution in [0.4, 0.5) is 5.69 Å². The van der Waals surface area contributed by atoms with Crippen molar-refractivity contribution in [3.8, 4) is 11.4 Å². The molecule has 1 aromatic carbocycles. The zero-order valence-electron chi connectivity index (χ0n) is 14.5. The number of carbonyl (C=O) groups is 2. The number of nitrogens with zero attached hydrogens (tertiary/aromatic N) is 2. The summed E-state index contributed by atoms with van der Waals surface area (Å²) >= 11 is 0. The van der Waals surface area contributed by atoms with Crippen LogP contribution >= 0.6 is 0 Å². The molecular weight excluding hydrogens is 342 g/mol. The summed E-state index contributed by atoms with van der Waals surface area (Å²) in [6.07, 6.45) is 3.19. The van der Waals surface area contributed by atoms with E-state index in [1.54, 1.807) is 18.2 Å². The van der Waals surface area contributed by atoms with Crippen molar-refractivity contribution in [3.05, 3.63) is 78.1 Å². The second-order valence-corrected chi connectivity index (χ2v) is 6.00. The number of pyridine rings is 2. The van der Waals surface area contributed by atoms with Crippen molar-refractivity contribution in [2.45, 2.75) is 12.5 Å². The quantitative estimate of drug-likeness (QED) is 0.621. The Morgan fingerprint density at radius 1 is 1.00 bits per heavy atom. The standard InChI is InChI=1S/C20H19N5O2/c21-16(13-4-2-1-3-5-13)11-19(26)25-15-6-7-17(24-12-15)18-10-14(20(22)27)8-9-23-18/h1-10,12,16H,11,21H2,(H2,22,27)(H,25,26). The van der Waals surface area contributed by atoms with E-state index in [2.05, 4.69) is 15.3 Å². The number of amides is 2. The molecule has 0 saturated carbocycles. The van der Waals surface area contributed by atoms with E-state index in [0.29, 0.717) is 22.6 Å². The predicted molar refractivity (Wildman–Crippen MR) is 103 cm³/mol. The summed E-state index contributed by atoms with van der Waals surface area (Å²) in [5, 5.41) is 2.77. The van der Waals surface area contributed by atoms with E-state index in [-0.39, 0.29) is 18.4 Å². The number of nitrogens with one attached hydrogen (secondary N) is 1. The zero-order chi connectivity index (χ0) is 19.2. The second-order valence-electron chi connectivity index (χ2n) is 6.00. The summed E-state index contributed by atoms with van der Waals surface area (Å²) < 4.78 is 0. The SMILES string of the molecule is NC(=O)c1ccnc(-c2ccc(NC(=O)CC(N)c3ccccc3)cn2)c1. The summed E-state index contributed by atoms with van der Waals surface area (Å²) in [6, 6.07) is 15.6. The molecule has 27 heavy (non-hydrogen) atoms. The molecule has 2 heterocycles. The highest BCUT2D eigenvalue weighted by atomic mass is 16.2. The maximum Gasteiger partial charge on any atom is 0.248 e. The lowest BCUT2D eigenvalue weighted by Crippen LogP contribution is -2.20. The largest absolute Gasteiger partial charge is 0.366 e. The van der Waals surface area contributed by atoms with E-state index >= 15 is 0 Å². The molecule has 7 nitrogen and oxygen atoms in total. The molecule has 0 fully saturated rings. The van der Waals surface area contributed by atoms with Crippen LogP contribution in [-0.4, -0.2) is 21.8 Å². The van der Waals surface area contributed by atoms with Crippen molar-refractivity contribution in [1.29, 1.82) is 0 Å². The van der Waals surface area contributed by atoms with Crippen LogP contribution in [0.5, 0.6) is 0 Å². The highest BCUT2D eigenvalue weighted by Crippen LogP contribution is 2.18. The van der Waals surface area contributed by atoms with Crippen molar-refractivity contribution >= 4 is 17.5 Å². The van der Waals surface area contributed by atoms with E-state index < -0.39 is 5.91 Å². The maximum atomic E-state index is 12.2. The smallest absolute Gasteiger partial charge is 0.248 e. The molecule has 0 bridgehead atoms. The highest BCUT2D eigenvalue weighted by Gasteiger charge is 2.12. The summed E-state index contributed by atoms with van der Waals surface area (Å²) in [7, 11) is 0. The fourth-order valence-electron chi connectivity index (χ4n) is 2.57. The van der Waals surface area contributed by atoms with E-state index in [4.69, 9.17) is 11.5 Å². The number of hydrogen-bond acceptors (Lipinski definition) is 5. The monoisotopic (exact) mass is 361 g/mol. The van der Waals surface area contributed by atoms with Crippen LogP contribution in [0.15, 0.2) is 67.0 Å². The fraction of sp³-hybridized carbons (Fsp3) is 0.100. The Morgan fingerprint density at radius 3 is 2.44 bits per heavy atom. The molecule has 0 radical (unpaired) electrons. The molecule has 1 atom stereocenters. The van der Waals surface area contributed by atoms with Crippen LogP contribution in [0.1, 0.15) is 28.4 Å². The van der Waals surface area contributed by atoms with Gasteiger partial charge in [0.15, 0.2) is 0 Å². The minimum atomic E-state index is -0.530. The zero-order valence-corrected chi connectivity index (χ0v) is 14.5. The molecule has 2 amide bonds. The van der Waals surface area contributed by atoms with Crippen LogP contribution in [0.3, 0.4) is 0 Å². The Balaban J connectivity index is 1.64. The molecular formula is C20H19N5O2. The van der Waals surface area contributed by atoms with Crippen LogP contribution in [-0.2, 0) is 4.79 Å². The Bertz CT molecular complexity index is 942. The van der Waals surface area contributed by atoms with E-state index in [0.717, 1.165) is 5.56 Å². The van der Waals surface area contributed by atoms with Gasteiger partial charge in [0.2, 0.25) is 11.8 Å². The Morgan fingerprint density at radius 2 is 1.78 bits per heavy atom. The van der Waals surface area contributed by atoms with Gasteiger partial charge in [-0.1, -0.05) is 30.3 Å². The molecule has 5 N–H and O–H groups in total. The number of benzene rings is 1. The molecule has 0 spiro atoms. The minimum Gasteiger partial charge on any atom is -0.366 e. The van der Waals surface area contributed by atoms with E-state index in [1.165, 1.54) is 18.5 Å². The third kappa shape index (κ3) is 4.74. The Kier molecular flexibility index (Phi) is 5.53. The molecule has 0 aliphatic carbocycles. The average molecular weight is 361 g/mol. The van der Waals surface area contributed by atoms with Gasteiger partial charge in [0.25, 0.3) is 0 Å². The first-order chi connectivity index (χ1) is 13.0. The summed E-state index contributed by atoms with van der Waals surface area (Å²) in [4.78, 5) is 31.9. The number of hydrogen-bond donors (Lipinski definition) is 3. The molecule has 0 saturated heterocycles. The van der Waals surface area contributed by atoms with E-state index in [1.807, 2.05) is 30.3 Å². The first-order valence-corrected chi connectivity index (χ1v) is 8.35. The lowest BCUT2D eigenvalue weighted by Gasteiger charge is -2.12. The van der Waals surface area contributed by atoms with Gasteiger partial charge in [0, 0.05) is 24.2 Å². The lowest BCUT2D eigenvalue weighted by molar-refractivity contribution is -0.116. The highest BCUT2D eigenvalue weighted by molar-refractivity contribution is 5.93. The van der Waals surface area contributed by atoms with Crippen molar-refractivity contribution in [3.63, 3.8) is 0 Å². The van der Waals surface area contributed by atoms with Crippen molar-refractivity contribution in [2.75, 3.05) is 5.32 Å². The number of carbonyl (C=O) groups excluding carboxylic acids is 2. The van der Waals surface area contributed by atoms with Gasteiger partial charge in [-0.05, 0) is 29.8 Å². The molecule has 3 rings (SSSR count). The predicted octanol–water partition coefficient (Wildman–Crippen LogP) is 2.27. The van der Waals surface area contributed by atoms with E-state index in [9.17, 15) is 9.59 Å². The van der Waals surface area contributed by atoms with Gasteiger partial charge < -0.3 is 16.8 Å². The average Bonchev–Trinajstić information content (AvgIpc) is 2.69. The van der Waals surface area contributed by atoms with Gasteiger partial charge in [-0.2, -0.15) is 0 Å². The third-order valence-electron chi connectivity index (χ3n) is 3.99. The Hall–Kier alpha value is -3.58. The summed E-state index contributed by atoms with van der Waals surface area (Å²) in [5.74, 6) is -0.730. The van der Waals surface area contributed by atoms with Crippen LogP contribution in [0.25, 0.3) is 11.4 Å². The van der Waals surface area contributed by atoms with Crippen molar-refractivity contribution < 1.29 is 9.59 Å².